The van der Waals surface area contributed by atoms with Gasteiger partial charge in [0.1, 0.15) is 5.75 Å². The molecule has 2 rings (SSSR count). The molecular formula is C17H23N3O2S. The molecule has 5 nitrogen and oxygen atoms in total. The number of hydrogen-bond acceptors (Lipinski definition) is 4. The monoisotopic (exact) mass is 333 g/mol. The van der Waals surface area contributed by atoms with Crippen LogP contribution in [0.2, 0.25) is 0 Å². The second kappa shape index (κ2) is 8.55. The maximum Gasteiger partial charge on any atom is 0.315 e. The number of likely N-dealkylation sites (N-methyl/N-ethyl adjacent to an activating group) is 1. The van der Waals surface area contributed by atoms with Gasteiger partial charge in [0.05, 0.1) is 13.2 Å². The summed E-state index contributed by atoms with van der Waals surface area (Å²) in [6.07, 6.45) is 0. The van der Waals surface area contributed by atoms with Gasteiger partial charge in [0, 0.05) is 18.0 Å². The van der Waals surface area contributed by atoms with Crippen LogP contribution < -0.4 is 15.4 Å². The molecule has 124 valence electrons. The van der Waals surface area contributed by atoms with Crippen LogP contribution in [-0.2, 0) is 6.54 Å². The van der Waals surface area contributed by atoms with E-state index in [0.29, 0.717) is 13.1 Å². The summed E-state index contributed by atoms with van der Waals surface area (Å²) in [5, 5.41) is 7.85. The number of thiophene rings is 1. The highest BCUT2D eigenvalue weighted by Gasteiger charge is 2.15. The molecule has 0 unspecified atom stereocenters. The van der Waals surface area contributed by atoms with Gasteiger partial charge in [-0.05, 0) is 43.2 Å². The molecule has 0 bridgehead atoms. The SMILES string of the molecule is COc1cccc(CNC(=O)NC[C@H](c2cccs2)N(C)C)c1. The Labute approximate surface area is 141 Å². The van der Waals surface area contributed by atoms with Gasteiger partial charge in [0.15, 0.2) is 0 Å². The summed E-state index contributed by atoms with van der Waals surface area (Å²) < 4.78 is 5.18. The quantitative estimate of drug-likeness (QED) is 0.819. The molecule has 2 aromatic rings. The normalized spacial score (nSPS) is 12.0. The van der Waals surface area contributed by atoms with Crippen LogP contribution >= 0.6 is 11.3 Å². The van der Waals surface area contributed by atoms with Crippen molar-refractivity contribution in [3.63, 3.8) is 0 Å². The van der Waals surface area contributed by atoms with E-state index < -0.39 is 0 Å². The number of hydrogen-bond donors (Lipinski definition) is 2. The second-order valence-electron chi connectivity index (χ2n) is 5.41. The first-order valence-electron chi connectivity index (χ1n) is 7.44. The zero-order valence-electron chi connectivity index (χ0n) is 13.7. The standard InChI is InChI=1S/C17H23N3O2S/c1-20(2)15(16-8-5-9-23-16)12-19-17(21)18-11-13-6-4-7-14(10-13)22-3/h4-10,15H,11-12H2,1-3H3,(H2,18,19,21)/t15-/m1/s1. The fourth-order valence-electron chi connectivity index (χ4n) is 2.24. The van der Waals surface area contributed by atoms with Crippen LogP contribution in [0.5, 0.6) is 5.75 Å². The fraction of sp³-hybridized carbons (Fsp3) is 0.353. The number of benzene rings is 1. The van der Waals surface area contributed by atoms with Gasteiger partial charge in [-0.15, -0.1) is 11.3 Å². The van der Waals surface area contributed by atoms with Crippen molar-refractivity contribution in [1.82, 2.24) is 15.5 Å². The van der Waals surface area contributed by atoms with E-state index in [1.165, 1.54) is 4.88 Å². The Bertz CT molecular complexity index is 614. The van der Waals surface area contributed by atoms with E-state index >= 15 is 0 Å². The van der Waals surface area contributed by atoms with E-state index in [-0.39, 0.29) is 12.1 Å². The van der Waals surface area contributed by atoms with Crippen molar-refractivity contribution in [3.8, 4) is 5.75 Å². The van der Waals surface area contributed by atoms with E-state index in [9.17, 15) is 4.79 Å². The highest BCUT2D eigenvalue weighted by Crippen LogP contribution is 2.22. The lowest BCUT2D eigenvalue weighted by Crippen LogP contribution is -2.40. The van der Waals surface area contributed by atoms with Gasteiger partial charge in [0.2, 0.25) is 0 Å². The average molecular weight is 333 g/mol. The molecule has 0 saturated heterocycles. The van der Waals surface area contributed by atoms with Crippen LogP contribution in [0.25, 0.3) is 0 Å². The summed E-state index contributed by atoms with van der Waals surface area (Å²) in [4.78, 5) is 15.3. The van der Waals surface area contributed by atoms with Gasteiger partial charge in [-0.2, -0.15) is 0 Å². The molecule has 2 N–H and O–H groups in total. The molecule has 0 aliphatic carbocycles. The molecule has 1 atom stereocenters. The number of carbonyl (C=O) groups is 1. The number of rotatable bonds is 7. The Kier molecular flexibility index (Phi) is 6.43. The molecule has 6 heteroatoms. The first-order valence-corrected chi connectivity index (χ1v) is 8.32. The van der Waals surface area contributed by atoms with E-state index in [4.69, 9.17) is 4.74 Å². The summed E-state index contributed by atoms with van der Waals surface area (Å²) in [5.41, 5.74) is 1.00. The third-order valence-corrected chi connectivity index (χ3v) is 4.51. The molecule has 0 spiro atoms. The summed E-state index contributed by atoms with van der Waals surface area (Å²) in [5.74, 6) is 0.787. The number of nitrogens with one attached hydrogen (secondary N) is 2. The molecular weight excluding hydrogens is 310 g/mol. The van der Waals surface area contributed by atoms with Crippen LogP contribution in [-0.4, -0.2) is 38.7 Å². The van der Waals surface area contributed by atoms with Crippen molar-refractivity contribution in [3.05, 3.63) is 52.2 Å². The molecule has 0 saturated carbocycles. The Balaban J connectivity index is 1.82. The average Bonchev–Trinajstić information content (AvgIpc) is 3.07. The van der Waals surface area contributed by atoms with E-state index in [0.717, 1.165) is 11.3 Å². The molecule has 0 aliphatic rings. The first-order chi connectivity index (χ1) is 11.1. The van der Waals surface area contributed by atoms with Gasteiger partial charge in [-0.3, -0.25) is 0 Å². The summed E-state index contributed by atoms with van der Waals surface area (Å²) in [6, 6.07) is 11.8. The Morgan fingerprint density at radius 3 is 2.74 bits per heavy atom. The van der Waals surface area contributed by atoms with Gasteiger partial charge < -0.3 is 20.3 Å². The number of methoxy groups -OCH3 is 1. The third kappa shape index (κ3) is 5.26. The lowest BCUT2D eigenvalue weighted by atomic mass is 10.2. The van der Waals surface area contributed by atoms with Crippen LogP contribution in [0.4, 0.5) is 4.79 Å². The topological polar surface area (TPSA) is 53.6 Å². The maximum absolute atomic E-state index is 12.0. The van der Waals surface area contributed by atoms with Crippen molar-refractivity contribution in [2.45, 2.75) is 12.6 Å². The van der Waals surface area contributed by atoms with Gasteiger partial charge in [-0.25, -0.2) is 4.79 Å². The second-order valence-corrected chi connectivity index (χ2v) is 6.39. The van der Waals surface area contributed by atoms with E-state index in [2.05, 4.69) is 27.0 Å². The van der Waals surface area contributed by atoms with Crippen LogP contribution in [0.3, 0.4) is 0 Å². The molecule has 0 aliphatic heterocycles. The molecule has 2 amide bonds. The fourth-order valence-corrected chi connectivity index (χ4v) is 3.16. The lowest BCUT2D eigenvalue weighted by Gasteiger charge is -2.23. The smallest absolute Gasteiger partial charge is 0.315 e. The minimum Gasteiger partial charge on any atom is -0.497 e. The van der Waals surface area contributed by atoms with Crippen LogP contribution in [0.15, 0.2) is 41.8 Å². The van der Waals surface area contributed by atoms with E-state index in [1.54, 1.807) is 18.4 Å². The minimum absolute atomic E-state index is 0.170. The zero-order chi connectivity index (χ0) is 16.7. The van der Waals surface area contributed by atoms with Crippen molar-refractivity contribution in [1.29, 1.82) is 0 Å². The van der Waals surface area contributed by atoms with Gasteiger partial charge in [-0.1, -0.05) is 18.2 Å². The van der Waals surface area contributed by atoms with Crippen LogP contribution in [0.1, 0.15) is 16.5 Å². The molecule has 1 aromatic heterocycles. The number of carbonyl (C=O) groups excluding carboxylic acids is 1. The number of nitrogens with zero attached hydrogens (tertiary/aromatic N) is 1. The van der Waals surface area contributed by atoms with Crippen molar-refractivity contribution >= 4 is 17.4 Å². The third-order valence-electron chi connectivity index (χ3n) is 3.54. The molecule has 0 fully saturated rings. The Morgan fingerprint density at radius 1 is 1.26 bits per heavy atom. The zero-order valence-corrected chi connectivity index (χ0v) is 14.5. The summed E-state index contributed by atoms with van der Waals surface area (Å²) in [7, 11) is 5.66. The highest BCUT2D eigenvalue weighted by molar-refractivity contribution is 7.10. The predicted molar refractivity (Wildman–Crippen MR) is 94.0 cm³/mol. The Morgan fingerprint density at radius 2 is 2.09 bits per heavy atom. The lowest BCUT2D eigenvalue weighted by molar-refractivity contribution is 0.233. The predicted octanol–water partition coefficient (Wildman–Crippen LogP) is 2.86. The first kappa shape index (κ1) is 17.3. The minimum atomic E-state index is -0.170. The summed E-state index contributed by atoms with van der Waals surface area (Å²) >= 11 is 1.70. The molecule has 1 aromatic carbocycles. The molecule has 1 heterocycles. The highest BCUT2D eigenvalue weighted by atomic mass is 32.1. The number of ether oxygens (including phenoxy) is 1. The van der Waals surface area contributed by atoms with Crippen molar-refractivity contribution < 1.29 is 9.53 Å². The van der Waals surface area contributed by atoms with Crippen molar-refractivity contribution in [2.75, 3.05) is 27.7 Å². The largest absolute Gasteiger partial charge is 0.497 e. The number of amides is 2. The van der Waals surface area contributed by atoms with Gasteiger partial charge in [0.25, 0.3) is 0 Å². The van der Waals surface area contributed by atoms with E-state index in [1.807, 2.05) is 44.4 Å². The Hall–Kier alpha value is -2.05. The molecule has 0 radical (unpaired) electrons. The molecule has 23 heavy (non-hydrogen) atoms. The summed E-state index contributed by atoms with van der Waals surface area (Å²) in [6.45, 7) is 1.03. The van der Waals surface area contributed by atoms with Crippen molar-refractivity contribution in [2.24, 2.45) is 0 Å². The van der Waals surface area contributed by atoms with Crippen LogP contribution in [0, 0.1) is 0 Å². The van der Waals surface area contributed by atoms with Gasteiger partial charge >= 0.3 is 6.03 Å². The maximum atomic E-state index is 12.0. The number of urea groups is 1.